The number of carbonyl (C=O) groups is 1. The predicted molar refractivity (Wildman–Crippen MR) is 67.8 cm³/mol. The molecule has 0 saturated carbocycles. The fraction of sp³-hybridized carbons (Fsp3) is 0.462. The first kappa shape index (κ1) is 12.7. The van der Waals surface area contributed by atoms with Crippen molar-refractivity contribution >= 4 is 5.91 Å². The van der Waals surface area contributed by atoms with E-state index in [0.717, 1.165) is 12.8 Å². The summed E-state index contributed by atoms with van der Waals surface area (Å²) < 4.78 is 5.07. The standard InChI is InChI=1S/C13H18N2O3/c1-18-10-4-5-12(16)11(7-10)13(17)15-6-2-3-9(15)8-14/h4-5,7,9,16H,2-3,6,8,14H2,1H3. The molecule has 98 valence electrons. The van der Waals surface area contributed by atoms with E-state index >= 15 is 0 Å². The SMILES string of the molecule is COc1ccc(O)c(C(=O)N2CCCC2CN)c1. The Kier molecular flexibility index (Phi) is 3.72. The van der Waals surface area contributed by atoms with Crippen LogP contribution in [0.3, 0.4) is 0 Å². The van der Waals surface area contributed by atoms with Gasteiger partial charge in [0.1, 0.15) is 11.5 Å². The largest absolute Gasteiger partial charge is 0.507 e. The molecule has 3 N–H and O–H groups in total. The highest BCUT2D eigenvalue weighted by molar-refractivity contribution is 5.97. The summed E-state index contributed by atoms with van der Waals surface area (Å²) in [6, 6.07) is 4.72. The Morgan fingerprint density at radius 3 is 3.06 bits per heavy atom. The highest BCUT2D eigenvalue weighted by Gasteiger charge is 2.29. The second-order valence-corrected chi connectivity index (χ2v) is 4.41. The zero-order valence-electron chi connectivity index (χ0n) is 10.4. The van der Waals surface area contributed by atoms with Crippen LogP contribution in [-0.2, 0) is 0 Å². The minimum absolute atomic E-state index is 0.0246. The van der Waals surface area contributed by atoms with Crippen molar-refractivity contribution in [3.63, 3.8) is 0 Å². The van der Waals surface area contributed by atoms with E-state index in [2.05, 4.69) is 0 Å². The normalized spacial score (nSPS) is 19.0. The van der Waals surface area contributed by atoms with Crippen LogP contribution < -0.4 is 10.5 Å². The smallest absolute Gasteiger partial charge is 0.258 e. The molecule has 1 amide bonds. The fourth-order valence-corrected chi connectivity index (χ4v) is 2.32. The van der Waals surface area contributed by atoms with Gasteiger partial charge in [0.15, 0.2) is 0 Å². The third-order valence-corrected chi connectivity index (χ3v) is 3.34. The second kappa shape index (κ2) is 5.27. The number of hydrogen-bond acceptors (Lipinski definition) is 4. The molecule has 1 atom stereocenters. The molecule has 1 aromatic carbocycles. The minimum atomic E-state index is -0.181. The number of benzene rings is 1. The lowest BCUT2D eigenvalue weighted by molar-refractivity contribution is 0.0738. The Bertz CT molecular complexity index is 448. The maximum absolute atomic E-state index is 12.4. The van der Waals surface area contributed by atoms with Crippen LogP contribution in [-0.4, -0.2) is 42.2 Å². The topological polar surface area (TPSA) is 75.8 Å². The van der Waals surface area contributed by atoms with Crippen LogP contribution in [0.1, 0.15) is 23.2 Å². The second-order valence-electron chi connectivity index (χ2n) is 4.41. The third kappa shape index (κ3) is 2.26. The molecule has 18 heavy (non-hydrogen) atoms. The van der Waals surface area contributed by atoms with E-state index in [1.165, 1.54) is 13.2 Å². The van der Waals surface area contributed by atoms with Crippen molar-refractivity contribution in [3.8, 4) is 11.5 Å². The van der Waals surface area contributed by atoms with Crippen molar-refractivity contribution in [2.24, 2.45) is 5.73 Å². The Balaban J connectivity index is 2.27. The molecule has 5 heteroatoms. The minimum Gasteiger partial charge on any atom is -0.507 e. The number of hydrogen-bond donors (Lipinski definition) is 2. The predicted octanol–water partition coefficient (Wildman–Crippen LogP) is 0.964. The summed E-state index contributed by atoms with van der Waals surface area (Å²) in [5.74, 6) is 0.350. The first-order chi connectivity index (χ1) is 8.67. The molecule has 1 aliphatic rings. The van der Waals surface area contributed by atoms with Crippen molar-refractivity contribution in [1.82, 2.24) is 4.90 Å². The van der Waals surface area contributed by atoms with E-state index in [-0.39, 0.29) is 23.3 Å². The Labute approximate surface area is 106 Å². The van der Waals surface area contributed by atoms with Crippen LogP contribution in [0.4, 0.5) is 0 Å². The van der Waals surface area contributed by atoms with Gasteiger partial charge in [0.25, 0.3) is 5.91 Å². The number of nitrogens with zero attached hydrogens (tertiary/aromatic N) is 1. The van der Waals surface area contributed by atoms with Crippen LogP contribution in [0.15, 0.2) is 18.2 Å². The maximum Gasteiger partial charge on any atom is 0.258 e. The number of ether oxygens (including phenoxy) is 1. The lowest BCUT2D eigenvalue weighted by Crippen LogP contribution is -2.39. The first-order valence-electron chi connectivity index (χ1n) is 6.05. The Morgan fingerprint density at radius 1 is 1.61 bits per heavy atom. The number of phenols is 1. The molecule has 0 bridgehead atoms. The zero-order chi connectivity index (χ0) is 13.1. The molecule has 1 aliphatic heterocycles. The van der Waals surface area contributed by atoms with E-state index in [0.29, 0.717) is 18.8 Å². The zero-order valence-corrected chi connectivity index (χ0v) is 10.4. The molecule has 0 spiro atoms. The molecule has 0 aliphatic carbocycles. The molecule has 1 unspecified atom stereocenters. The van der Waals surface area contributed by atoms with Crippen LogP contribution in [0.25, 0.3) is 0 Å². The summed E-state index contributed by atoms with van der Waals surface area (Å²) >= 11 is 0. The van der Waals surface area contributed by atoms with Gasteiger partial charge in [-0.25, -0.2) is 0 Å². The highest BCUT2D eigenvalue weighted by atomic mass is 16.5. The molecule has 1 heterocycles. The fourth-order valence-electron chi connectivity index (χ4n) is 2.32. The van der Waals surface area contributed by atoms with Crippen molar-refractivity contribution in [3.05, 3.63) is 23.8 Å². The monoisotopic (exact) mass is 250 g/mol. The summed E-state index contributed by atoms with van der Waals surface area (Å²) in [7, 11) is 1.53. The molecule has 2 rings (SSSR count). The van der Waals surface area contributed by atoms with Crippen LogP contribution >= 0.6 is 0 Å². The van der Waals surface area contributed by atoms with Crippen molar-refractivity contribution in [2.45, 2.75) is 18.9 Å². The van der Waals surface area contributed by atoms with Gasteiger partial charge in [-0.05, 0) is 31.0 Å². The average Bonchev–Trinajstić information content (AvgIpc) is 2.86. The van der Waals surface area contributed by atoms with Gasteiger partial charge in [-0.2, -0.15) is 0 Å². The molecular weight excluding hydrogens is 232 g/mol. The van der Waals surface area contributed by atoms with Crippen LogP contribution in [0, 0.1) is 0 Å². The van der Waals surface area contributed by atoms with E-state index in [1.54, 1.807) is 17.0 Å². The molecule has 0 radical (unpaired) electrons. The average molecular weight is 250 g/mol. The molecule has 5 nitrogen and oxygen atoms in total. The van der Waals surface area contributed by atoms with Gasteiger partial charge in [0, 0.05) is 19.1 Å². The molecule has 1 saturated heterocycles. The molecule has 0 aromatic heterocycles. The number of carbonyl (C=O) groups excluding carboxylic acids is 1. The quantitative estimate of drug-likeness (QED) is 0.838. The number of aromatic hydroxyl groups is 1. The van der Waals surface area contributed by atoms with Gasteiger partial charge in [0.2, 0.25) is 0 Å². The van der Waals surface area contributed by atoms with Gasteiger partial charge >= 0.3 is 0 Å². The lowest BCUT2D eigenvalue weighted by Gasteiger charge is -2.24. The van der Waals surface area contributed by atoms with Gasteiger partial charge < -0.3 is 20.5 Å². The Morgan fingerprint density at radius 2 is 2.39 bits per heavy atom. The van der Waals surface area contributed by atoms with E-state index in [4.69, 9.17) is 10.5 Å². The molecule has 1 fully saturated rings. The summed E-state index contributed by atoms with van der Waals surface area (Å²) in [6.45, 7) is 1.15. The lowest BCUT2D eigenvalue weighted by atomic mass is 10.1. The number of amides is 1. The van der Waals surface area contributed by atoms with Crippen molar-refractivity contribution < 1.29 is 14.6 Å². The van der Waals surface area contributed by atoms with Gasteiger partial charge in [-0.15, -0.1) is 0 Å². The van der Waals surface area contributed by atoms with E-state index in [9.17, 15) is 9.90 Å². The summed E-state index contributed by atoms with van der Waals surface area (Å²) in [4.78, 5) is 14.1. The van der Waals surface area contributed by atoms with Gasteiger partial charge in [0.05, 0.1) is 12.7 Å². The van der Waals surface area contributed by atoms with Gasteiger partial charge in [-0.1, -0.05) is 0 Å². The highest BCUT2D eigenvalue weighted by Crippen LogP contribution is 2.27. The maximum atomic E-state index is 12.4. The van der Waals surface area contributed by atoms with Crippen molar-refractivity contribution in [1.29, 1.82) is 0 Å². The number of nitrogens with two attached hydrogens (primary N) is 1. The van der Waals surface area contributed by atoms with Gasteiger partial charge in [-0.3, -0.25) is 4.79 Å². The van der Waals surface area contributed by atoms with Crippen molar-refractivity contribution in [2.75, 3.05) is 20.2 Å². The number of phenolic OH excluding ortho intramolecular Hbond substituents is 1. The summed E-state index contributed by atoms with van der Waals surface area (Å²) in [6.07, 6.45) is 1.88. The number of likely N-dealkylation sites (tertiary alicyclic amines) is 1. The molecule has 1 aromatic rings. The summed E-state index contributed by atoms with van der Waals surface area (Å²) in [5.41, 5.74) is 5.93. The van der Waals surface area contributed by atoms with E-state index in [1.807, 2.05) is 0 Å². The summed E-state index contributed by atoms with van der Waals surface area (Å²) in [5, 5.41) is 9.79. The van der Waals surface area contributed by atoms with E-state index < -0.39 is 0 Å². The molecular formula is C13H18N2O3. The first-order valence-corrected chi connectivity index (χ1v) is 6.05. The number of rotatable bonds is 3. The third-order valence-electron chi connectivity index (χ3n) is 3.34. The Hall–Kier alpha value is -1.75. The number of methoxy groups -OCH3 is 1. The van der Waals surface area contributed by atoms with Crippen LogP contribution in [0.2, 0.25) is 0 Å². The van der Waals surface area contributed by atoms with Crippen LogP contribution in [0.5, 0.6) is 11.5 Å².